The molecule has 0 radical (unpaired) electrons. The lowest BCUT2D eigenvalue weighted by Crippen LogP contribution is -2.07. The number of rotatable bonds is 7. The lowest BCUT2D eigenvalue weighted by atomic mass is 10.0. The van der Waals surface area contributed by atoms with Gasteiger partial charge in [0.05, 0.1) is 13.2 Å². The van der Waals surface area contributed by atoms with Crippen LogP contribution in [0.25, 0.3) is 0 Å². The highest BCUT2D eigenvalue weighted by Crippen LogP contribution is 2.42. The van der Waals surface area contributed by atoms with Crippen LogP contribution in [0.5, 0.6) is 11.5 Å². The molecule has 122 valence electrons. The van der Waals surface area contributed by atoms with Crippen molar-refractivity contribution in [2.24, 2.45) is 0 Å². The summed E-state index contributed by atoms with van der Waals surface area (Å²) in [5.74, 6) is 3.27. The third-order valence-electron chi connectivity index (χ3n) is 3.93. The van der Waals surface area contributed by atoms with Crippen molar-refractivity contribution in [2.75, 3.05) is 12.4 Å². The molecule has 4 heteroatoms. The Bertz CT molecular complexity index is 666. The summed E-state index contributed by atoms with van der Waals surface area (Å²) in [6.07, 6.45) is 4.50. The molecule has 0 saturated heterocycles. The summed E-state index contributed by atoms with van der Waals surface area (Å²) in [5, 5.41) is 3.40. The average Bonchev–Trinajstić information content (AvgIpc) is 3.37. The fourth-order valence-electron chi connectivity index (χ4n) is 2.69. The smallest absolute Gasteiger partial charge is 0.129 e. The van der Waals surface area contributed by atoms with Gasteiger partial charge in [-0.25, -0.2) is 4.98 Å². The molecule has 4 nitrogen and oxygen atoms in total. The van der Waals surface area contributed by atoms with Crippen molar-refractivity contribution in [1.82, 2.24) is 4.98 Å². The minimum atomic E-state index is 0.158. The maximum atomic E-state index is 5.72. The van der Waals surface area contributed by atoms with Crippen LogP contribution in [0.4, 0.5) is 5.82 Å². The molecule has 0 aliphatic heterocycles. The third-order valence-corrected chi connectivity index (χ3v) is 3.93. The van der Waals surface area contributed by atoms with Gasteiger partial charge in [-0.2, -0.15) is 0 Å². The molecule has 0 spiro atoms. The van der Waals surface area contributed by atoms with Gasteiger partial charge in [0.1, 0.15) is 17.3 Å². The normalized spacial score (nSPS) is 13.9. The molecule has 0 unspecified atom stereocenters. The molecule has 2 aromatic rings. The average molecular weight is 312 g/mol. The van der Waals surface area contributed by atoms with Gasteiger partial charge in [-0.3, -0.25) is 0 Å². The molecule has 23 heavy (non-hydrogen) atoms. The maximum absolute atomic E-state index is 5.72. The molecule has 0 bridgehead atoms. The number of ether oxygens (including phenoxy) is 2. The molecular weight excluding hydrogens is 288 g/mol. The Labute approximate surface area is 137 Å². The molecular formula is C19H24N2O2. The van der Waals surface area contributed by atoms with E-state index in [4.69, 9.17) is 9.47 Å². The standard InChI is InChI=1S/C19H24N2O2/c1-13(2)23-17-8-9-20-19(11-17)21-12-15-10-16(22-3)6-7-18(15)14-4-5-14/h6-11,13-14H,4-5,12H2,1-3H3,(H,20,21). The second-order valence-electron chi connectivity index (χ2n) is 6.24. The highest BCUT2D eigenvalue weighted by Gasteiger charge is 2.26. The van der Waals surface area contributed by atoms with Gasteiger partial charge in [-0.1, -0.05) is 6.07 Å². The fraction of sp³-hybridized carbons (Fsp3) is 0.421. The Morgan fingerprint density at radius 3 is 2.70 bits per heavy atom. The van der Waals surface area contributed by atoms with Gasteiger partial charge < -0.3 is 14.8 Å². The summed E-state index contributed by atoms with van der Waals surface area (Å²) in [6.45, 7) is 4.78. The van der Waals surface area contributed by atoms with Crippen molar-refractivity contribution < 1.29 is 9.47 Å². The van der Waals surface area contributed by atoms with E-state index in [1.165, 1.54) is 24.0 Å². The molecule has 0 atom stereocenters. The molecule has 1 aromatic carbocycles. The van der Waals surface area contributed by atoms with E-state index in [1.807, 2.05) is 32.0 Å². The van der Waals surface area contributed by atoms with Crippen LogP contribution < -0.4 is 14.8 Å². The van der Waals surface area contributed by atoms with Crippen LogP contribution >= 0.6 is 0 Å². The van der Waals surface area contributed by atoms with Crippen LogP contribution in [0.2, 0.25) is 0 Å². The number of pyridine rings is 1. The Morgan fingerprint density at radius 1 is 1.17 bits per heavy atom. The van der Waals surface area contributed by atoms with Crippen molar-refractivity contribution in [1.29, 1.82) is 0 Å². The van der Waals surface area contributed by atoms with E-state index in [0.29, 0.717) is 5.92 Å². The summed E-state index contributed by atoms with van der Waals surface area (Å²) in [5.41, 5.74) is 2.71. The van der Waals surface area contributed by atoms with Crippen LogP contribution in [0, 0.1) is 0 Å². The van der Waals surface area contributed by atoms with Gasteiger partial charge in [0.15, 0.2) is 0 Å². The van der Waals surface area contributed by atoms with Crippen molar-refractivity contribution in [3.63, 3.8) is 0 Å². The van der Waals surface area contributed by atoms with E-state index < -0.39 is 0 Å². The monoisotopic (exact) mass is 312 g/mol. The quantitative estimate of drug-likeness (QED) is 0.824. The van der Waals surface area contributed by atoms with Gasteiger partial charge >= 0.3 is 0 Å². The first-order valence-corrected chi connectivity index (χ1v) is 8.19. The number of aromatic nitrogens is 1. The third kappa shape index (κ3) is 4.15. The topological polar surface area (TPSA) is 43.4 Å². The van der Waals surface area contributed by atoms with Gasteiger partial charge in [-0.05, 0) is 61.9 Å². The first kappa shape index (κ1) is 15.7. The number of hydrogen-bond acceptors (Lipinski definition) is 4. The van der Waals surface area contributed by atoms with E-state index >= 15 is 0 Å². The van der Waals surface area contributed by atoms with Crippen LogP contribution in [-0.4, -0.2) is 18.2 Å². The van der Waals surface area contributed by atoms with E-state index in [1.54, 1.807) is 13.3 Å². The lowest BCUT2D eigenvalue weighted by molar-refractivity contribution is 0.242. The van der Waals surface area contributed by atoms with E-state index in [-0.39, 0.29) is 6.10 Å². The zero-order valence-electron chi connectivity index (χ0n) is 14.0. The summed E-state index contributed by atoms with van der Waals surface area (Å²) >= 11 is 0. The molecule has 1 N–H and O–H groups in total. The first-order valence-electron chi connectivity index (χ1n) is 8.19. The van der Waals surface area contributed by atoms with Crippen LogP contribution in [0.3, 0.4) is 0 Å². The Kier molecular flexibility index (Phi) is 4.70. The number of nitrogens with zero attached hydrogens (tertiary/aromatic N) is 1. The molecule has 1 aromatic heterocycles. The van der Waals surface area contributed by atoms with Crippen LogP contribution in [0.15, 0.2) is 36.5 Å². The molecule has 1 heterocycles. The van der Waals surface area contributed by atoms with Crippen molar-refractivity contribution in [3.8, 4) is 11.5 Å². The zero-order chi connectivity index (χ0) is 16.2. The van der Waals surface area contributed by atoms with Crippen molar-refractivity contribution in [2.45, 2.75) is 45.3 Å². The molecule has 1 aliphatic rings. The first-order chi connectivity index (χ1) is 11.2. The summed E-state index contributed by atoms with van der Waals surface area (Å²) in [7, 11) is 1.71. The number of hydrogen-bond donors (Lipinski definition) is 1. The Balaban J connectivity index is 1.72. The number of anilines is 1. The summed E-state index contributed by atoms with van der Waals surface area (Å²) in [4.78, 5) is 4.37. The molecule has 0 amide bonds. The second kappa shape index (κ2) is 6.90. The SMILES string of the molecule is COc1ccc(C2CC2)c(CNc2cc(OC(C)C)ccn2)c1. The Hall–Kier alpha value is -2.23. The maximum Gasteiger partial charge on any atom is 0.129 e. The van der Waals surface area contributed by atoms with Gasteiger partial charge in [-0.15, -0.1) is 0 Å². The van der Waals surface area contributed by atoms with Gasteiger partial charge in [0, 0.05) is 18.8 Å². The molecule has 1 fully saturated rings. The minimum absolute atomic E-state index is 0.158. The molecule has 1 aliphatic carbocycles. The highest BCUT2D eigenvalue weighted by molar-refractivity contribution is 5.45. The highest BCUT2D eigenvalue weighted by atomic mass is 16.5. The van der Waals surface area contributed by atoms with Crippen molar-refractivity contribution in [3.05, 3.63) is 47.7 Å². The number of benzene rings is 1. The van der Waals surface area contributed by atoms with Crippen LogP contribution in [0.1, 0.15) is 43.7 Å². The fourth-order valence-corrected chi connectivity index (χ4v) is 2.69. The zero-order valence-corrected chi connectivity index (χ0v) is 14.0. The largest absolute Gasteiger partial charge is 0.497 e. The predicted molar refractivity (Wildman–Crippen MR) is 92.3 cm³/mol. The van der Waals surface area contributed by atoms with E-state index in [9.17, 15) is 0 Å². The summed E-state index contributed by atoms with van der Waals surface area (Å²) in [6, 6.07) is 10.2. The second-order valence-corrected chi connectivity index (χ2v) is 6.24. The number of methoxy groups -OCH3 is 1. The van der Waals surface area contributed by atoms with Crippen molar-refractivity contribution >= 4 is 5.82 Å². The number of nitrogens with one attached hydrogen (secondary N) is 1. The van der Waals surface area contributed by atoms with E-state index in [2.05, 4.69) is 22.4 Å². The van der Waals surface area contributed by atoms with Gasteiger partial charge in [0.2, 0.25) is 0 Å². The van der Waals surface area contributed by atoms with Crippen LogP contribution in [-0.2, 0) is 6.54 Å². The molecule has 3 rings (SSSR count). The summed E-state index contributed by atoms with van der Waals surface area (Å²) < 4.78 is 11.1. The van der Waals surface area contributed by atoms with Gasteiger partial charge in [0.25, 0.3) is 0 Å². The Morgan fingerprint density at radius 2 is 2.00 bits per heavy atom. The predicted octanol–water partition coefficient (Wildman–Crippen LogP) is 4.37. The lowest BCUT2D eigenvalue weighted by Gasteiger charge is -2.14. The minimum Gasteiger partial charge on any atom is -0.497 e. The van der Waals surface area contributed by atoms with E-state index in [0.717, 1.165) is 23.9 Å². The molecule has 1 saturated carbocycles.